The van der Waals surface area contributed by atoms with Gasteiger partial charge >= 0.3 is 5.97 Å². The average Bonchev–Trinajstić information content (AvgIpc) is 3.23. The molecule has 0 unspecified atom stereocenters. The Morgan fingerprint density at radius 2 is 2.08 bits per heavy atom. The van der Waals surface area contributed by atoms with E-state index in [1.807, 2.05) is 17.5 Å². The quantitative estimate of drug-likeness (QED) is 0.575. The lowest BCUT2D eigenvalue weighted by molar-refractivity contribution is 0.0467. The number of halogens is 2. The second-order valence-electron chi connectivity index (χ2n) is 4.67. The maximum atomic E-state index is 12.1. The Bertz CT molecular complexity index is 838. The first-order chi connectivity index (χ1) is 11.6. The van der Waals surface area contributed by atoms with Crippen LogP contribution in [0.15, 0.2) is 40.3 Å². The largest absolute Gasteiger partial charge is 0.494 e. The van der Waals surface area contributed by atoms with Crippen LogP contribution in [0, 0.1) is 0 Å². The molecular weight excluding hydrogens is 373 g/mol. The minimum absolute atomic E-state index is 0.0189. The van der Waals surface area contributed by atoms with Crippen molar-refractivity contribution >= 4 is 40.5 Å². The van der Waals surface area contributed by atoms with E-state index in [1.54, 1.807) is 0 Å². The highest BCUT2D eigenvalue weighted by Crippen LogP contribution is 2.34. The molecule has 2 aromatic heterocycles. The van der Waals surface area contributed by atoms with Crippen molar-refractivity contribution in [3.05, 3.63) is 57.2 Å². The van der Waals surface area contributed by atoms with E-state index in [1.165, 1.54) is 36.8 Å². The minimum Gasteiger partial charge on any atom is -0.494 e. The Kier molecular flexibility index (Phi) is 5.08. The fraction of sp³-hybridized carbons (Fsp3) is 0.125. The van der Waals surface area contributed by atoms with Crippen LogP contribution in [-0.4, -0.2) is 18.1 Å². The maximum absolute atomic E-state index is 12.1. The zero-order chi connectivity index (χ0) is 17.1. The standard InChI is InChI=1S/C16H11Cl2NO4S/c1-21-14-11(17)5-9(6-12(14)18)16(20)23-8-10-7-22-15(19-10)13-3-2-4-24-13/h2-7H,8H2,1H3. The molecule has 0 saturated heterocycles. The fourth-order valence-electron chi connectivity index (χ4n) is 1.98. The first kappa shape index (κ1) is 16.8. The molecule has 0 aliphatic heterocycles. The number of aromatic nitrogens is 1. The van der Waals surface area contributed by atoms with Gasteiger partial charge in [-0.15, -0.1) is 11.3 Å². The van der Waals surface area contributed by atoms with Gasteiger partial charge in [-0.3, -0.25) is 0 Å². The molecular formula is C16H11Cl2NO4S. The van der Waals surface area contributed by atoms with E-state index < -0.39 is 5.97 Å². The first-order valence-corrected chi connectivity index (χ1v) is 8.40. The number of oxazole rings is 1. The molecule has 0 radical (unpaired) electrons. The summed E-state index contributed by atoms with van der Waals surface area (Å²) >= 11 is 13.5. The van der Waals surface area contributed by atoms with Gasteiger partial charge in [0.05, 0.1) is 27.6 Å². The van der Waals surface area contributed by atoms with Crippen LogP contribution in [0.2, 0.25) is 10.0 Å². The van der Waals surface area contributed by atoms with Crippen LogP contribution in [-0.2, 0) is 11.3 Å². The number of hydrogen-bond acceptors (Lipinski definition) is 6. The molecule has 0 spiro atoms. The number of ether oxygens (including phenoxy) is 2. The zero-order valence-corrected chi connectivity index (χ0v) is 14.7. The van der Waals surface area contributed by atoms with Crippen LogP contribution in [0.5, 0.6) is 5.75 Å². The van der Waals surface area contributed by atoms with Crippen molar-refractivity contribution in [2.75, 3.05) is 7.11 Å². The van der Waals surface area contributed by atoms with Gasteiger partial charge in [-0.25, -0.2) is 9.78 Å². The summed E-state index contributed by atoms with van der Waals surface area (Å²) in [6, 6.07) is 6.68. The Balaban J connectivity index is 1.68. The van der Waals surface area contributed by atoms with E-state index in [2.05, 4.69) is 4.98 Å². The van der Waals surface area contributed by atoms with E-state index in [0.717, 1.165) is 4.88 Å². The number of nitrogens with zero attached hydrogens (tertiary/aromatic N) is 1. The van der Waals surface area contributed by atoms with Crippen LogP contribution in [0.1, 0.15) is 16.1 Å². The summed E-state index contributed by atoms with van der Waals surface area (Å²) in [5.41, 5.74) is 0.741. The van der Waals surface area contributed by atoms with Crippen molar-refractivity contribution in [1.29, 1.82) is 0 Å². The van der Waals surface area contributed by atoms with Crippen LogP contribution in [0.25, 0.3) is 10.8 Å². The molecule has 1 aromatic carbocycles. The second-order valence-corrected chi connectivity index (χ2v) is 6.43. The number of esters is 1. The minimum atomic E-state index is -0.567. The highest BCUT2D eigenvalue weighted by Gasteiger charge is 2.16. The topological polar surface area (TPSA) is 61.6 Å². The Hall–Kier alpha value is -2.02. The molecule has 24 heavy (non-hydrogen) atoms. The average molecular weight is 384 g/mol. The van der Waals surface area contributed by atoms with Crippen LogP contribution < -0.4 is 4.74 Å². The molecule has 0 aliphatic rings. The summed E-state index contributed by atoms with van der Waals surface area (Å²) in [6.45, 7) is -0.0189. The van der Waals surface area contributed by atoms with Crippen LogP contribution in [0.3, 0.4) is 0 Å². The third kappa shape index (κ3) is 3.56. The maximum Gasteiger partial charge on any atom is 0.338 e. The molecule has 0 N–H and O–H groups in total. The molecule has 0 bridgehead atoms. The van der Waals surface area contributed by atoms with E-state index in [0.29, 0.717) is 17.3 Å². The molecule has 0 amide bonds. The van der Waals surface area contributed by atoms with E-state index in [4.69, 9.17) is 37.1 Å². The predicted molar refractivity (Wildman–Crippen MR) is 91.9 cm³/mol. The van der Waals surface area contributed by atoms with Gasteiger partial charge in [0.1, 0.15) is 18.6 Å². The highest BCUT2D eigenvalue weighted by molar-refractivity contribution is 7.13. The third-order valence-electron chi connectivity index (χ3n) is 3.07. The van der Waals surface area contributed by atoms with Gasteiger partial charge in [0.15, 0.2) is 5.75 Å². The molecule has 3 rings (SSSR count). The Morgan fingerprint density at radius 3 is 2.71 bits per heavy atom. The number of methoxy groups -OCH3 is 1. The summed E-state index contributed by atoms with van der Waals surface area (Å²) in [5, 5.41) is 2.40. The molecule has 5 nitrogen and oxygen atoms in total. The summed E-state index contributed by atoms with van der Waals surface area (Å²) in [4.78, 5) is 17.3. The van der Waals surface area contributed by atoms with Crippen molar-refractivity contribution in [3.63, 3.8) is 0 Å². The van der Waals surface area contributed by atoms with E-state index in [9.17, 15) is 4.79 Å². The van der Waals surface area contributed by atoms with Gasteiger partial charge in [-0.05, 0) is 23.6 Å². The van der Waals surface area contributed by atoms with Crippen LogP contribution in [0.4, 0.5) is 0 Å². The molecule has 0 aliphatic carbocycles. The molecule has 8 heteroatoms. The van der Waals surface area contributed by atoms with Gasteiger partial charge in [0.25, 0.3) is 0 Å². The third-order valence-corrected chi connectivity index (χ3v) is 4.49. The van der Waals surface area contributed by atoms with Gasteiger partial charge < -0.3 is 13.9 Å². The lowest BCUT2D eigenvalue weighted by atomic mass is 10.2. The lowest BCUT2D eigenvalue weighted by Gasteiger charge is -2.08. The zero-order valence-electron chi connectivity index (χ0n) is 12.4. The van der Waals surface area contributed by atoms with E-state index >= 15 is 0 Å². The van der Waals surface area contributed by atoms with Crippen molar-refractivity contribution in [2.24, 2.45) is 0 Å². The monoisotopic (exact) mass is 383 g/mol. The molecule has 0 saturated carbocycles. The van der Waals surface area contributed by atoms with E-state index in [-0.39, 0.29) is 22.2 Å². The Labute approximate surface area is 151 Å². The van der Waals surface area contributed by atoms with Crippen molar-refractivity contribution in [1.82, 2.24) is 4.98 Å². The summed E-state index contributed by atoms with van der Waals surface area (Å²) in [6.07, 6.45) is 1.45. The molecule has 2 heterocycles. The summed E-state index contributed by atoms with van der Waals surface area (Å²) < 4.78 is 15.6. The highest BCUT2D eigenvalue weighted by atomic mass is 35.5. The second kappa shape index (κ2) is 7.25. The first-order valence-electron chi connectivity index (χ1n) is 6.77. The number of carbonyl (C=O) groups excluding carboxylic acids is 1. The van der Waals surface area contributed by atoms with Crippen molar-refractivity contribution in [2.45, 2.75) is 6.61 Å². The van der Waals surface area contributed by atoms with Gasteiger partial charge in [0, 0.05) is 0 Å². The normalized spacial score (nSPS) is 10.6. The van der Waals surface area contributed by atoms with Crippen molar-refractivity contribution < 1.29 is 18.7 Å². The van der Waals surface area contributed by atoms with Gasteiger partial charge in [-0.1, -0.05) is 29.3 Å². The van der Waals surface area contributed by atoms with Gasteiger partial charge in [-0.2, -0.15) is 0 Å². The van der Waals surface area contributed by atoms with Gasteiger partial charge in [0.2, 0.25) is 5.89 Å². The summed E-state index contributed by atoms with van der Waals surface area (Å²) in [5.74, 6) is 0.237. The number of benzene rings is 1. The number of carbonyl (C=O) groups is 1. The summed E-state index contributed by atoms with van der Waals surface area (Å²) in [7, 11) is 1.45. The SMILES string of the molecule is COc1c(Cl)cc(C(=O)OCc2coc(-c3cccs3)n2)cc1Cl. The predicted octanol–water partition coefficient (Wildman–Crippen LogP) is 5.08. The lowest BCUT2D eigenvalue weighted by Crippen LogP contribution is -2.06. The molecule has 124 valence electrons. The van der Waals surface area contributed by atoms with Crippen LogP contribution >= 0.6 is 34.5 Å². The molecule has 3 aromatic rings. The Morgan fingerprint density at radius 1 is 1.33 bits per heavy atom. The molecule has 0 fully saturated rings. The molecule has 0 atom stereocenters. The fourth-order valence-corrected chi connectivity index (χ4v) is 3.28. The number of thiophene rings is 1. The number of rotatable bonds is 5. The smallest absolute Gasteiger partial charge is 0.338 e. The van der Waals surface area contributed by atoms with Crippen molar-refractivity contribution in [3.8, 4) is 16.5 Å². The number of hydrogen-bond donors (Lipinski definition) is 0.